The van der Waals surface area contributed by atoms with Crippen molar-refractivity contribution in [2.75, 3.05) is 0 Å². The van der Waals surface area contributed by atoms with Crippen LogP contribution in [0.1, 0.15) is 5.56 Å². The van der Waals surface area contributed by atoms with Crippen LogP contribution in [-0.2, 0) is 0 Å². The maximum absolute atomic E-state index is 12.4. The van der Waals surface area contributed by atoms with Crippen LogP contribution >= 0.6 is 11.3 Å². The van der Waals surface area contributed by atoms with Crippen molar-refractivity contribution in [2.24, 2.45) is 0 Å². The van der Waals surface area contributed by atoms with Crippen molar-refractivity contribution >= 4 is 69.6 Å². The van der Waals surface area contributed by atoms with Crippen LogP contribution in [0.5, 0.6) is 144 Å². The molecule has 4 aromatic heterocycles. The molecule has 7 aromatic carbocycles. The van der Waals surface area contributed by atoms with Gasteiger partial charge in [-0.3, -0.25) is 0 Å². The lowest BCUT2D eigenvalue weighted by Gasteiger charge is -2.19. The highest BCUT2D eigenvalue weighted by molar-refractivity contribution is 7.26. The zero-order valence-electron chi connectivity index (χ0n) is 36.9. The summed E-state index contributed by atoms with van der Waals surface area (Å²) in [7, 11) is 0. The summed E-state index contributed by atoms with van der Waals surface area (Å²) in [5.74, 6) is -38.9. The molecule has 388 valence electrons. The molecule has 0 aliphatic carbocycles. The Morgan fingerprint density at radius 3 is 1.03 bits per heavy atom. The van der Waals surface area contributed by atoms with E-state index >= 15 is 0 Å². The fourth-order valence-electron chi connectivity index (χ4n) is 9.56. The molecule has 0 radical (unpaired) electrons. The number of fused-ring (bicyclic) bond motifs is 9. The molecule has 76 heavy (non-hydrogen) atoms. The number of aryl methyl sites for hydroxylation is 1. The lowest BCUT2D eigenvalue weighted by atomic mass is 9.93. The van der Waals surface area contributed by atoms with Crippen LogP contribution in [0, 0.1) is 6.92 Å². The van der Waals surface area contributed by atoms with Crippen molar-refractivity contribution in [1.29, 1.82) is 0 Å². The summed E-state index contributed by atoms with van der Waals surface area (Å²) in [4.78, 5) is 11.5. The van der Waals surface area contributed by atoms with E-state index in [0.29, 0.717) is 11.3 Å². The molecular formula is C46H28N4O25S. The van der Waals surface area contributed by atoms with Gasteiger partial charge in [0, 0.05) is 10.9 Å². The van der Waals surface area contributed by atoms with Crippen LogP contribution in [0.25, 0.3) is 104 Å². The summed E-state index contributed by atoms with van der Waals surface area (Å²) in [5, 5.41) is 274. The average Bonchev–Trinajstić information content (AvgIpc) is 4.08. The minimum Gasteiger partial charge on any atom is -0.506 e. The summed E-state index contributed by atoms with van der Waals surface area (Å²) in [5.41, 5.74) is -8.42. The van der Waals surface area contributed by atoms with E-state index in [1.54, 1.807) is 0 Å². The Balaban J connectivity index is 1.27. The van der Waals surface area contributed by atoms with Crippen LogP contribution in [0.3, 0.4) is 0 Å². The topological polar surface area (TPSA) is 549 Å². The standard InChI is InChI=1S/C46H28N4O25S/c1-2-3-4-16(31(65)38(72)33(67)22(4)56)50-14(3)5(21(55)17(2)51)6-15(50)20(54)10-9-18(52)7(24(58)41(75)43(9)76-42(10)30(6)64)8-19(53)11(25(59)32(66)23(8)57)44-47-45(12-26(60)34(68)39(73)35(69)27(12)61)49-46(48-44)13-28(62)36(70)40(74)37(71)29(13)63/h51-75H,1H3. The van der Waals surface area contributed by atoms with Gasteiger partial charge in [0.05, 0.1) is 53.0 Å². The van der Waals surface area contributed by atoms with Gasteiger partial charge in [0.15, 0.2) is 86.5 Å². The second-order valence-corrected chi connectivity index (χ2v) is 17.9. The molecule has 25 N–H and O–H groups in total. The van der Waals surface area contributed by atoms with Gasteiger partial charge >= 0.3 is 0 Å². The van der Waals surface area contributed by atoms with Crippen molar-refractivity contribution < 1.29 is 128 Å². The highest BCUT2D eigenvalue weighted by atomic mass is 32.1. The molecule has 0 unspecified atom stereocenters. The first-order chi connectivity index (χ1) is 35.6. The van der Waals surface area contributed by atoms with Crippen molar-refractivity contribution in [3.63, 3.8) is 0 Å². The van der Waals surface area contributed by atoms with Gasteiger partial charge in [0.25, 0.3) is 0 Å². The predicted molar refractivity (Wildman–Crippen MR) is 255 cm³/mol. The lowest BCUT2D eigenvalue weighted by molar-refractivity contribution is 0.329. The number of nitrogens with zero attached hydrogens (tertiary/aromatic N) is 4. The van der Waals surface area contributed by atoms with Crippen LogP contribution in [0.2, 0.25) is 0 Å². The van der Waals surface area contributed by atoms with Gasteiger partial charge in [0.1, 0.15) is 50.7 Å². The second-order valence-electron chi connectivity index (χ2n) is 16.9. The first-order valence-electron chi connectivity index (χ1n) is 20.8. The Morgan fingerprint density at radius 2 is 0.539 bits per heavy atom. The van der Waals surface area contributed by atoms with Crippen LogP contribution in [-0.4, -0.2) is 147 Å². The third-order valence-corrected chi connectivity index (χ3v) is 14.3. The van der Waals surface area contributed by atoms with Crippen molar-refractivity contribution in [2.45, 2.75) is 6.92 Å². The minimum atomic E-state index is -1.72. The van der Waals surface area contributed by atoms with E-state index in [1.165, 1.54) is 6.92 Å². The highest BCUT2D eigenvalue weighted by Gasteiger charge is 2.39. The third-order valence-electron chi connectivity index (χ3n) is 13.1. The maximum atomic E-state index is 12.4. The number of rotatable bonds is 4. The minimum absolute atomic E-state index is 0.201. The largest absolute Gasteiger partial charge is 0.506 e. The third kappa shape index (κ3) is 5.25. The molecule has 0 saturated carbocycles. The molecule has 0 aliphatic heterocycles. The van der Waals surface area contributed by atoms with Gasteiger partial charge in [-0.15, -0.1) is 11.3 Å². The summed E-state index contributed by atoms with van der Waals surface area (Å²) in [6.45, 7) is 1.24. The van der Waals surface area contributed by atoms with Gasteiger partial charge < -0.3 is 132 Å². The van der Waals surface area contributed by atoms with Crippen LogP contribution < -0.4 is 0 Å². The van der Waals surface area contributed by atoms with Gasteiger partial charge in [-0.25, -0.2) is 15.0 Å². The fraction of sp³-hybridized carbons (Fsp3) is 0.0217. The summed E-state index contributed by atoms with van der Waals surface area (Å²) in [6.07, 6.45) is 0. The molecule has 11 rings (SSSR count). The van der Waals surface area contributed by atoms with E-state index in [-0.39, 0.29) is 16.5 Å². The van der Waals surface area contributed by atoms with E-state index in [4.69, 9.17) is 0 Å². The number of phenolic OH excluding ortho intramolecular Hbond substituents is 25. The predicted octanol–water partition coefficient (Wildman–Crippen LogP) is 5.01. The Bertz CT molecular complexity index is 4460. The Labute approximate surface area is 417 Å². The molecule has 30 heteroatoms. The number of aromatic hydroxyl groups is 25. The zero-order valence-corrected chi connectivity index (χ0v) is 37.7. The van der Waals surface area contributed by atoms with Crippen LogP contribution in [0.4, 0.5) is 0 Å². The molecule has 0 amide bonds. The van der Waals surface area contributed by atoms with Gasteiger partial charge in [0.2, 0.25) is 51.7 Å². The molecule has 0 saturated heterocycles. The molecule has 0 atom stereocenters. The van der Waals surface area contributed by atoms with Crippen LogP contribution in [0.15, 0.2) is 0 Å². The highest BCUT2D eigenvalue weighted by Crippen LogP contribution is 2.66. The average molecular weight is 1070 g/mol. The number of hydrogen-bond donors (Lipinski definition) is 25. The van der Waals surface area contributed by atoms with Crippen molar-refractivity contribution in [1.82, 2.24) is 19.4 Å². The van der Waals surface area contributed by atoms with E-state index in [9.17, 15) is 128 Å². The fourth-order valence-corrected chi connectivity index (χ4v) is 10.8. The maximum Gasteiger partial charge on any atom is 0.208 e. The second kappa shape index (κ2) is 14.6. The quantitative estimate of drug-likeness (QED) is 0.0813. The Morgan fingerprint density at radius 1 is 0.237 bits per heavy atom. The van der Waals surface area contributed by atoms with Gasteiger partial charge in [-0.1, -0.05) is 0 Å². The molecule has 0 fully saturated rings. The Hall–Kier alpha value is -11.4. The Kier molecular flexibility index (Phi) is 9.01. The molecule has 0 aliphatic rings. The summed E-state index contributed by atoms with van der Waals surface area (Å²) >= 11 is 0.327. The zero-order chi connectivity index (χ0) is 55.4. The number of phenols is 25. The van der Waals surface area contributed by atoms with E-state index in [1.807, 2.05) is 0 Å². The monoisotopic (exact) mass is 1070 g/mol. The van der Waals surface area contributed by atoms with Crippen molar-refractivity contribution in [3.05, 3.63) is 5.56 Å². The smallest absolute Gasteiger partial charge is 0.208 e. The van der Waals surface area contributed by atoms with Crippen molar-refractivity contribution in [3.8, 4) is 189 Å². The first-order valence-corrected chi connectivity index (χ1v) is 21.6. The number of benzene rings is 7. The molecular weight excluding hydrogens is 1040 g/mol. The molecule has 11 aromatic rings. The summed E-state index contributed by atoms with van der Waals surface area (Å²) in [6, 6.07) is 0. The van der Waals surface area contributed by atoms with E-state index in [2.05, 4.69) is 15.0 Å². The lowest BCUT2D eigenvalue weighted by Crippen LogP contribution is -2.02. The molecule has 4 heterocycles. The van der Waals surface area contributed by atoms with Gasteiger partial charge in [-0.05, 0) is 6.92 Å². The normalized spacial score (nSPS) is 12.0. The number of hydrogen-bond acceptors (Lipinski definition) is 29. The SMILES string of the molecule is Cc1c(O)c(O)c2c3c(O)c4sc5c(O)c(O)c(-c6c(O)c(O)c(O)c(-c7nc(-c8c(O)c(O)c(O)c(O)c8O)nc(-c8c(O)c(O)c(O)c(O)c8O)n7)c6O)c(O)c5c4c(O)c3n3c4c(O)c(O)c(O)c(O)c4c1c23. The summed E-state index contributed by atoms with van der Waals surface area (Å²) < 4.78 is -0.253. The van der Waals surface area contributed by atoms with E-state index < -0.39 is 236 Å². The number of thiophene rings is 1. The molecule has 29 nitrogen and oxygen atoms in total. The molecule has 0 spiro atoms. The number of aromatic nitrogens is 4. The van der Waals surface area contributed by atoms with Gasteiger partial charge in [-0.2, -0.15) is 0 Å². The first kappa shape index (κ1) is 46.9. The molecule has 0 bridgehead atoms. The van der Waals surface area contributed by atoms with E-state index in [0.717, 1.165) is 4.40 Å².